The van der Waals surface area contributed by atoms with Gasteiger partial charge >= 0.3 is 5.79 Å². The first-order valence-electron chi connectivity index (χ1n) is 12.7. The Morgan fingerprint density at radius 2 is 1.88 bits per heavy atom. The van der Waals surface area contributed by atoms with Crippen LogP contribution in [0, 0.1) is 5.41 Å². The van der Waals surface area contributed by atoms with Crippen molar-refractivity contribution in [3.05, 3.63) is 47.6 Å². The van der Waals surface area contributed by atoms with E-state index < -0.39 is 23.2 Å². The molecule has 0 unspecified atom stereocenters. The number of benzene rings is 1. The summed E-state index contributed by atoms with van der Waals surface area (Å²) in [4.78, 5) is 32.3. The number of hydrogen-bond acceptors (Lipinski definition) is 8. The predicted molar refractivity (Wildman–Crippen MR) is 169 cm³/mol. The zero-order valence-corrected chi connectivity index (χ0v) is 29.7. The molecule has 2 aliphatic rings. The summed E-state index contributed by atoms with van der Waals surface area (Å²) >= 11 is 13.9. The van der Waals surface area contributed by atoms with Crippen molar-refractivity contribution < 1.29 is 33.7 Å². The van der Waals surface area contributed by atoms with Gasteiger partial charge in [-0.25, -0.2) is 0 Å². The first kappa shape index (κ1) is 33.9. The molecular formula is C27H33Br4N3O7. The Balaban J connectivity index is 1.47. The third-order valence-corrected chi connectivity index (χ3v) is 8.64. The van der Waals surface area contributed by atoms with Crippen molar-refractivity contribution >= 4 is 81.2 Å². The van der Waals surface area contributed by atoms with Crippen LogP contribution < -0.4 is 10.1 Å². The maximum Gasteiger partial charge on any atom is 0.311 e. The largest absolute Gasteiger partial charge is 0.495 e. The second-order valence-electron chi connectivity index (χ2n) is 10.6. The molecule has 10 nitrogen and oxygen atoms in total. The molecule has 0 aromatic heterocycles. The number of nitrogens with zero attached hydrogens (tertiary/aromatic N) is 2. The van der Waals surface area contributed by atoms with Crippen molar-refractivity contribution in [3.8, 4) is 5.75 Å². The normalized spacial score (nSPS) is 20.5. The number of oxime groups is 1. The molecule has 2 atom stereocenters. The van der Waals surface area contributed by atoms with Gasteiger partial charge in [0.1, 0.15) is 17.8 Å². The minimum Gasteiger partial charge on any atom is -0.495 e. The van der Waals surface area contributed by atoms with Gasteiger partial charge in [0.25, 0.3) is 5.91 Å². The molecule has 1 aromatic carbocycles. The molecule has 41 heavy (non-hydrogen) atoms. The van der Waals surface area contributed by atoms with Crippen LogP contribution in [0.25, 0.3) is 0 Å². The number of amides is 2. The number of halogens is 4. The maximum absolute atomic E-state index is 12.7. The summed E-state index contributed by atoms with van der Waals surface area (Å²) in [6.07, 6.45) is 1.15. The van der Waals surface area contributed by atoms with E-state index in [-0.39, 0.29) is 24.6 Å². The summed E-state index contributed by atoms with van der Waals surface area (Å²) in [6.45, 7) is 6.93. The third kappa shape index (κ3) is 8.27. The predicted octanol–water partition coefficient (Wildman–Crippen LogP) is 5.50. The van der Waals surface area contributed by atoms with Gasteiger partial charge in [0.15, 0.2) is 11.8 Å². The van der Waals surface area contributed by atoms with E-state index in [2.05, 4.69) is 74.2 Å². The van der Waals surface area contributed by atoms with Crippen LogP contribution in [-0.4, -0.2) is 73.3 Å². The number of aliphatic hydroxyl groups excluding tert-OH is 1. The summed E-state index contributed by atoms with van der Waals surface area (Å²) < 4.78 is 19.6. The molecular weight excluding hydrogens is 798 g/mol. The summed E-state index contributed by atoms with van der Waals surface area (Å²) in [5, 5.41) is 17.4. The topological polar surface area (TPSA) is 119 Å². The smallest absolute Gasteiger partial charge is 0.311 e. The lowest BCUT2D eigenvalue weighted by Crippen LogP contribution is -2.49. The molecule has 14 heteroatoms. The van der Waals surface area contributed by atoms with Crippen LogP contribution in [0.4, 0.5) is 0 Å². The molecule has 2 N–H and O–H groups in total. The number of nitrogens with one attached hydrogen (secondary N) is 1. The lowest BCUT2D eigenvalue weighted by Gasteiger charge is -2.27. The fourth-order valence-electron chi connectivity index (χ4n) is 4.10. The van der Waals surface area contributed by atoms with E-state index in [1.807, 2.05) is 40.0 Å². The lowest BCUT2D eigenvalue weighted by molar-refractivity contribution is -0.225. The molecule has 0 aliphatic carbocycles. The van der Waals surface area contributed by atoms with E-state index in [0.29, 0.717) is 46.5 Å². The van der Waals surface area contributed by atoms with Crippen LogP contribution >= 0.6 is 63.7 Å². The molecule has 1 spiro atoms. The lowest BCUT2D eigenvalue weighted by atomic mass is 9.95. The first-order valence-corrected chi connectivity index (χ1v) is 15.9. The number of ether oxygens (including phenoxy) is 3. The fourth-order valence-corrected chi connectivity index (χ4v) is 7.14. The van der Waals surface area contributed by atoms with Crippen molar-refractivity contribution in [2.45, 2.75) is 51.9 Å². The number of carbonyl (C=O) groups excluding carboxylic acids is 2. The van der Waals surface area contributed by atoms with Gasteiger partial charge in [-0.05, 0) is 78.3 Å². The number of carbonyl (C=O) groups is 2. The Labute approximate surface area is 273 Å². The van der Waals surface area contributed by atoms with Crippen molar-refractivity contribution in [3.63, 3.8) is 0 Å². The molecule has 2 heterocycles. The number of aliphatic hydroxyl groups is 1. The van der Waals surface area contributed by atoms with Crippen LogP contribution in [0.2, 0.25) is 0 Å². The van der Waals surface area contributed by atoms with E-state index in [1.165, 1.54) is 13.4 Å². The van der Waals surface area contributed by atoms with Gasteiger partial charge in [-0.3, -0.25) is 9.59 Å². The van der Waals surface area contributed by atoms with Crippen molar-refractivity contribution in [2.24, 2.45) is 10.6 Å². The molecule has 0 saturated heterocycles. The van der Waals surface area contributed by atoms with Crippen LogP contribution in [0.1, 0.15) is 39.2 Å². The number of hydrogen-bond donors (Lipinski definition) is 2. The molecule has 0 fully saturated rings. The van der Waals surface area contributed by atoms with Crippen molar-refractivity contribution in [1.29, 1.82) is 0 Å². The van der Waals surface area contributed by atoms with Gasteiger partial charge in [-0.2, -0.15) is 0 Å². The van der Waals surface area contributed by atoms with Crippen LogP contribution in [0.15, 0.2) is 47.2 Å². The highest BCUT2D eigenvalue weighted by molar-refractivity contribution is 9.12. The van der Waals surface area contributed by atoms with Gasteiger partial charge in [-0.15, -0.1) is 0 Å². The second-order valence-corrected chi connectivity index (χ2v) is 14.1. The van der Waals surface area contributed by atoms with Crippen LogP contribution in [0.3, 0.4) is 0 Å². The fraction of sp³-hybridized carbons (Fsp3) is 0.519. The Kier molecular flexibility index (Phi) is 11.8. The minimum absolute atomic E-state index is 0.0609. The summed E-state index contributed by atoms with van der Waals surface area (Å²) in [5.74, 6) is -0.958. The Hall–Kier alpha value is -1.61. The zero-order valence-electron chi connectivity index (χ0n) is 23.4. The molecule has 0 bridgehead atoms. The van der Waals surface area contributed by atoms with E-state index >= 15 is 0 Å². The Morgan fingerprint density at radius 3 is 2.49 bits per heavy atom. The van der Waals surface area contributed by atoms with E-state index in [9.17, 15) is 14.7 Å². The van der Waals surface area contributed by atoms with Crippen LogP contribution in [0.5, 0.6) is 5.75 Å². The van der Waals surface area contributed by atoms with Gasteiger partial charge in [0, 0.05) is 30.0 Å². The number of likely N-dealkylation sites (N-methyl/N-ethyl adjacent to an activating group) is 1. The third-order valence-electron chi connectivity index (χ3n) is 6.27. The molecule has 3 rings (SSSR count). The highest BCUT2D eigenvalue weighted by atomic mass is 79.9. The quantitative estimate of drug-likeness (QED) is 0.300. The molecule has 226 valence electrons. The molecule has 0 radical (unpaired) electrons. The Bertz CT molecular complexity index is 1240. The van der Waals surface area contributed by atoms with Gasteiger partial charge in [0.05, 0.1) is 33.6 Å². The number of allylic oxidation sites excluding steroid dienone is 1. The molecule has 0 saturated carbocycles. The second kappa shape index (κ2) is 14.2. The van der Waals surface area contributed by atoms with Crippen molar-refractivity contribution in [1.82, 2.24) is 10.2 Å². The average Bonchev–Trinajstić information content (AvgIpc) is 3.14. The summed E-state index contributed by atoms with van der Waals surface area (Å²) in [7, 11) is 3.31. The van der Waals surface area contributed by atoms with Gasteiger partial charge < -0.3 is 34.4 Å². The number of rotatable bonds is 10. The zero-order chi connectivity index (χ0) is 30.5. The average molecular weight is 831 g/mol. The first-order chi connectivity index (χ1) is 19.2. The summed E-state index contributed by atoms with van der Waals surface area (Å²) in [6, 6.07) is 3.94. The summed E-state index contributed by atoms with van der Waals surface area (Å²) in [5.41, 5.74) is 0.442. The molecule has 2 amide bonds. The standard InChI is InChI=1S/C27H33Br4N3O7/c1-26(2,3)25(37)34(4)9-7-15-11-16(28)22(17(29)12-15)39-10-6-8-32-24(36)20-23(35)27(41-33-20)13-18(30)21(38-5)19(31)14-40-27/h11-12,14,23,35H,6-10,13H2,1-5H3,(H,32,36)/t23-,27-/m1/s1. The van der Waals surface area contributed by atoms with Gasteiger partial charge in [0.2, 0.25) is 5.91 Å². The molecule has 1 aromatic rings. The van der Waals surface area contributed by atoms with E-state index in [4.69, 9.17) is 19.0 Å². The Morgan fingerprint density at radius 1 is 1.22 bits per heavy atom. The highest BCUT2D eigenvalue weighted by Gasteiger charge is 2.54. The molecule has 2 aliphatic heterocycles. The number of methoxy groups -OCH3 is 1. The van der Waals surface area contributed by atoms with E-state index in [1.54, 1.807) is 4.90 Å². The maximum atomic E-state index is 12.7. The van der Waals surface area contributed by atoms with Crippen molar-refractivity contribution in [2.75, 3.05) is 33.9 Å². The highest BCUT2D eigenvalue weighted by Crippen LogP contribution is 2.41. The van der Waals surface area contributed by atoms with E-state index in [0.717, 1.165) is 14.5 Å². The van der Waals surface area contributed by atoms with Crippen LogP contribution in [-0.2, 0) is 30.3 Å². The SMILES string of the molecule is COC1=C(Br)C[C@@]2(OC=C1Br)ON=C(C(=O)NCCCOc1c(Br)cc(CCN(C)C(=O)C(C)(C)C)cc1Br)[C@H]2O. The van der Waals surface area contributed by atoms with Gasteiger partial charge in [-0.1, -0.05) is 41.9 Å². The minimum atomic E-state index is -1.60. The monoisotopic (exact) mass is 827 g/mol.